The smallest absolute Gasteiger partial charge is 0.343 e. The second kappa shape index (κ2) is 11.4. The maximum Gasteiger partial charge on any atom is 0.343 e. The molecule has 2 N–H and O–H groups in total. The van der Waals surface area contributed by atoms with Gasteiger partial charge >= 0.3 is 5.97 Å². The lowest BCUT2D eigenvalue weighted by Gasteiger charge is -2.53. The van der Waals surface area contributed by atoms with Gasteiger partial charge in [-0.15, -0.1) is 23.5 Å². The van der Waals surface area contributed by atoms with Gasteiger partial charge in [0.2, 0.25) is 11.5 Å². The zero-order chi connectivity index (χ0) is 34.6. The van der Waals surface area contributed by atoms with Gasteiger partial charge in [0.15, 0.2) is 5.72 Å². The predicted octanol–water partition coefficient (Wildman–Crippen LogP) is 5.06. The summed E-state index contributed by atoms with van der Waals surface area (Å²) in [6.07, 6.45) is 3.05. The SMILES string of the molecule is COC(=O)C1(O)CC2OC1(C)N1c3ccc(CSc4ccccn4)cc3C3C4CNC(=O)C4C4c5cc(CSc6ccccn6)ccc5N2C4C31. The number of aromatic nitrogens is 2. The Bertz CT molecular complexity index is 2070. The van der Waals surface area contributed by atoms with Gasteiger partial charge in [-0.2, -0.15) is 0 Å². The molecule has 1 aliphatic carbocycles. The van der Waals surface area contributed by atoms with Crippen molar-refractivity contribution in [1.29, 1.82) is 0 Å². The van der Waals surface area contributed by atoms with E-state index in [9.17, 15) is 14.7 Å². The van der Waals surface area contributed by atoms with Crippen molar-refractivity contribution in [2.24, 2.45) is 11.8 Å². The number of rotatable bonds is 7. The fourth-order valence-corrected chi connectivity index (χ4v) is 11.8. The summed E-state index contributed by atoms with van der Waals surface area (Å²) in [5, 5.41) is 17.7. The number of aliphatic hydroxyl groups is 1. The third kappa shape index (κ3) is 4.39. The molecule has 1 amide bonds. The Hall–Kier alpha value is -4.10. The average Bonchev–Trinajstić information content (AvgIpc) is 3.86. The Morgan fingerprint density at radius 3 is 2.20 bits per heavy atom. The number of methoxy groups -OCH3 is 1. The number of anilines is 2. The standard InChI is InChI=1S/C39H37N5O5S2/c1-38-39(47,37(46)48-2)17-30(49-38)43-26-11-9-21(19-50-28-7-3-5-13-40-28)15-23(26)32-33-25(18-42-36(33)45)31-24-16-22(20-51-29-8-4-6-14-41-29)10-12-27(24)44(38)35(31)34(32)43/h3-16,25,30-35,47H,17-20H2,1-2H3,(H,42,45). The Kier molecular flexibility index (Phi) is 7.10. The maximum atomic E-state index is 14.0. The number of fused-ring (bicyclic) bond motifs is 13. The maximum absolute atomic E-state index is 14.0. The van der Waals surface area contributed by atoms with Crippen LogP contribution in [-0.4, -0.2) is 70.2 Å². The number of ether oxygens (including phenoxy) is 2. The minimum atomic E-state index is -1.94. The van der Waals surface area contributed by atoms with Crippen LogP contribution in [0.4, 0.5) is 11.4 Å². The molecule has 5 aliphatic heterocycles. The van der Waals surface area contributed by atoms with Crippen LogP contribution in [0, 0.1) is 11.8 Å². The molecule has 2 bridgehead atoms. The van der Waals surface area contributed by atoms with E-state index in [1.54, 1.807) is 29.7 Å². The summed E-state index contributed by atoms with van der Waals surface area (Å²) in [5.41, 5.74) is 3.16. The number of esters is 1. The zero-order valence-corrected chi connectivity index (χ0v) is 29.8. The minimum absolute atomic E-state index is 0.0111. The van der Waals surface area contributed by atoms with Crippen LogP contribution in [0.1, 0.15) is 47.4 Å². The molecule has 2 aromatic carbocycles. The molecular weight excluding hydrogens is 683 g/mol. The predicted molar refractivity (Wildman–Crippen MR) is 193 cm³/mol. The summed E-state index contributed by atoms with van der Waals surface area (Å²) in [5.74, 6) is 0.509. The monoisotopic (exact) mass is 719 g/mol. The highest BCUT2D eigenvalue weighted by Gasteiger charge is 2.76. The number of pyridine rings is 2. The molecule has 6 aliphatic rings. The molecule has 9 atom stereocenters. The van der Waals surface area contributed by atoms with E-state index in [-0.39, 0.29) is 48.1 Å². The van der Waals surface area contributed by atoms with Gasteiger partial charge < -0.3 is 29.7 Å². The summed E-state index contributed by atoms with van der Waals surface area (Å²) in [6, 6.07) is 24.7. The number of benzene rings is 2. The van der Waals surface area contributed by atoms with Crippen molar-refractivity contribution in [1.82, 2.24) is 15.3 Å². The number of carbonyl (C=O) groups excluding carboxylic acids is 2. The van der Waals surface area contributed by atoms with Crippen molar-refractivity contribution >= 4 is 46.8 Å². The number of hydrogen-bond donors (Lipinski definition) is 2. The number of amides is 1. The molecule has 12 heteroatoms. The second-order valence-electron chi connectivity index (χ2n) is 14.6. The molecular formula is C39H37N5O5S2. The van der Waals surface area contributed by atoms with Crippen LogP contribution in [0.15, 0.2) is 95.2 Å². The topological polar surface area (TPSA) is 117 Å². The van der Waals surface area contributed by atoms with Crippen molar-refractivity contribution in [2.75, 3.05) is 23.5 Å². The molecule has 2 aromatic heterocycles. The first-order valence-corrected chi connectivity index (χ1v) is 19.5. The number of nitrogens with zero attached hydrogens (tertiary/aromatic N) is 4. The molecule has 51 heavy (non-hydrogen) atoms. The quantitative estimate of drug-likeness (QED) is 0.197. The summed E-state index contributed by atoms with van der Waals surface area (Å²) >= 11 is 3.37. The van der Waals surface area contributed by atoms with Gasteiger partial charge in [0.25, 0.3) is 0 Å². The molecule has 9 unspecified atom stereocenters. The number of thioether (sulfide) groups is 2. The fraction of sp³-hybridized carbons (Fsp3) is 0.385. The van der Waals surface area contributed by atoms with Gasteiger partial charge in [-0.3, -0.25) is 4.79 Å². The highest BCUT2D eigenvalue weighted by molar-refractivity contribution is 7.98. The van der Waals surface area contributed by atoms with E-state index in [1.165, 1.54) is 7.11 Å². The lowest BCUT2D eigenvalue weighted by molar-refractivity contribution is -0.181. The van der Waals surface area contributed by atoms with E-state index in [1.807, 2.05) is 49.5 Å². The van der Waals surface area contributed by atoms with Crippen LogP contribution >= 0.6 is 23.5 Å². The lowest BCUT2D eigenvalue weighted by Crippen LogP contribution is -2.70. The molecule has 10 nitrogen and oxygen atoms in total. The van der Waals surface area contributed by atoms with Gasteiger partial charge in [0.1, 0.15) is 6.23 Å². The molecule has 10 rings (SSSR count). The van der Waals surface area contributed by atoms with Gasteiger partial charge in [0.05, 0.1) is 35.2 Å². The van der Waals surface area contributed by atoms with Gasteiger partial charge in [-0.05, 0) is 71.5 Å². The minimum Gasteiger partial charge on any atom is -0.467 e. The Morgan fingerprint density at radius 2 is 1.57 bits per heavy atom. The highest BCUT2D eigenvalue weighted by atomic mass is 32.2. The largest absolute Gasteiger partial charge is 0.467 e. The highest BCUT2D eigenvalue weighted by Crippen LogP contribution is 2.67. The Balaban J connectivity index is 1.12. The zero-order valence-electron chi connectivity index (χ0n) is 28.1. The van der Waals surface area contributed by atoms with E-state index in [0.717, 1.165) is 55.2 Å². The van der Waals surface area contributed by atoms with Gasteiger partial charge in [0, 0.05) is 60.1 Å². The van der Waals surface area contributed by atoms with Crippen LogP contribution in [0.25, 0.3) is 0 Å². The first kappa shape index (κ1) is 31.6. The third-order valence-corrected chi connectivity index (χ3v) is 14.2. The number of hydrogen-bond acceptors (Lipinski definition) is 11. The van der Waals surface area contributed by atoms with E-state index in [4.69, 9.17) is 9.47 Å². The Labute approximate surface area is 304 Å². The first-order chi connectivity index (χ1) is 24.8. The molecule has 3 saturated heterocycles. The second-order valence-corrected chi connectivity index (χ2v) is 16.5. The molecule has 7 heterocycles. The van der Waals surface area contributed by atoms with E-state index < -0.39 is 23.5 Å². The summed E-state index contributed by atoms with van der Waals surface area (Å²) in [7, 11) is 1.32. The summed E-state index contributed by atoms with van der Waals surface area (Å²) in [4.78, 5) is 41.2. The van der Waals surface area contributed by atoms with Crippen LogP contribution in [-0.2, 0) is 30.6 Å². The van der Waals surface area contributed by atoms with Gasteiger partial charge in [-0.25, -0.2) is 14.8 Å². The van der Waals surface area contributed by atoms with Crippen molar-refractivity contribution < 1.29 is 24.2 Å². The van der Waals surface area contributed by atoms with E-state index in [0.29, 0.717) is 6.54 Å². The lowest BCUT2D eigenvalue weighted by atomic mass is 9.61. The molecule has 0 spiro atoms. The van der Waals surface area contributed by atoms with Crippen LogP contribution in [0.5, 0.6) is 0 Å². The first-order valence-electron chi connectivity index (χ1n) is 17.5. The Morgan fingerprint density at radius 1 is 0.922 bits per heavy atom. The summed E-state index contributed by atoms with van der Waals surface area (Å²) in [6.45, 7) is 2.42. The van der Waals surface area contributed by atoms with Crippen molar-refractivity contribution in [3.63, 3.8) is 0 Å². The van der Waals surface area contributed by atoms with Crippen molar-refractivity contribution in [2.45, 2.75) is 76.4 Å². The number of carbonyl (C=O) groups is 2. The van der Waals surface area contributed by atoms with E-state index in [2.05, 4.69) is 61.5 Å². The van der Waals surface area contributed by atoms with Gasteiger partial charge in [-0.1, -0.05) is 36.4 Å². The molecule has 1 saturated carbocycles. The van der Waals surface area contributed by atoms with Crippen LogP contribution in [0.2, 0.25) is 0 Å². The van der Waals surface area contributed by atoms with Crippen molar-refractivity contribution in [3.05, 3.63) is 107 Å². The number of nitrogens with one attached hydrogen (secondary N) is 1. The van der Waals surface area contributed by atoms with Crippen molar-refractivity contribution in [3.8, 4) is 0 Å². The van der Waals surface area contributed by atoms with E-state index >= 15 is 0 Å². The van der Waals surface area contributed by atoms with Crippen LogP contribution < -0.4 is 15.1 Å². The fourth-order valence-electron chi connectivity index (χ4n) is 10.2. The third-order valence-electron chi connectivity index (χ3n) is 12.2. The average molecular weight is 720 g/mol. The molecule has 260 valence electrons. The normalized spacial score (nSPS) is 33.2. The summed E-state index contributed by atoms with van der Waals surface area (Å²) < 4.78 is 12.3. The molecule has 0 radical (unpaired) electrons. The molecule has 4 fully saturated rings. The molecule has 4 aromatic rings. The van der Waals surface area contributed by atoms with Crippen LogP contribution in [0.3, 0.4) is 0 Å².